The molecule has 1 aliphatic rings. The molecule has 2 heterocycles. The van der Waals surface area contributed by atoms with Crippen molar-refractivity contribution in [2.24, 2.45) is 0 Å². The topological polar surface area (TPSA) is 99.8 Å². The van der Waals surface area contributed by atoms with Gasteiger partial charge in [-0.05, 0) is 37.8 Å². The van der Waals surface area contributed by atoms with Gasteiger partial charge < -0.3 is 10.6 Å². The summed E-state index contributed by atoms with van der Waals surface area (Å²) in [5.74, 6) is 0.874. The molecule has 0 bridgehead atoms. The number of nitrogens with zero attached hydrogens (tertiary/aromatic N) is 2. The summed E-state index contributed by atoms with van der Waals surface area (Å²) < 4.78 is 0. The first-order valence-electron chi connectivity index (χ1n) is 8.53. The second-order valence-corrected chi connectivity index (χ2v) is 6.65. The molecule has 3 rings (SSSR count). The number of anilines is 1. The van der Waals surface area contributed by atoms with E-state index >= 15 is 0 Å². The summed E-state index contributed by atoms with van der Waals surface area (Å²) in [6.45, 7) is 3.52. The normalized spacial score (nSPS) is 19.1. The Morgan fingerprint density at radius 1 is 1.32 bits per heavy atom. The number of carbonyl (C=O) groups excluding carboxylic acids is 2. The summed E-state index contributed by atoms with van der Waals surface area (Å²) in [7, 11) is 0. The van der Waals surface area contributed by atoms with Gasteiger partial charge in [0.1, 0.15) is 5.82 Å². The molecule has 0 saturated heterocycles. The van der Waals surface area contributed by atoms with Crippen LogP contribution in [0.5, 0.6) is 0 Å². The lowest BCUT2D eigenvalue weighted by atomic mass is 9.78. The summed E-state index contributed by atoms with van der Waals surface area (Å²) in [6.07, 6.45) is 4.56. The zero-order valence-corrected chi connectivity index (χ0v) is 14.5. The van der Waals surface area contributed by atoms with Gasteiger partial charge in [0, 0.05) is 43.3 Å². The molecule has 0 spiro atoms. The molecule has 0 radical (unpaired) electrons. The summed E-state index contributed by atoms with van der Waals surface area (Å²) in [6, 6.07) is 6.04. The highest BCUT2D eigenvalue weighted by atomic mass is 16.2. The molecule has 2 aromatic rings. The largest absolute Gasteiger partial charge is 0.354 e. The van der Waals surface area contributed by atoms with Crippen molar-refractivity contribution >= 4 is 17.6 Å². The lowest BCUT2D eigenvalue weighted by molar-refractivity contribution is -0.120. The van der Waals surface area contributed by atoms with E-state index in [1.54, 1.807) is 6.20 Å². The van der Waals surface area contributed by atoms with Crippen molar-refractivity contribution in [2.45, 2.75) is 51.5 Å². The Hall–Kier alpha value is -2.70. The molecule has 1 fully saturated rings. The van der Waals surface area contributed by atoms with Crippen LogP contribution in [0, 0.1) is 6.92 Å². The SMILES string of the molecule is CC(=O)NC1CC(c2cc(NC(=O)CCc3ccc(C)cn3)[nH]n2)C1. The molecule has 0 atom stereocenters. The van der Waals surface area contributed by atoms with Crippen molar-refractivity contribution in [1.82, 2.24) is 20.5 Å². The number of aromatic amines is 1. The zero-order chi connectivity index (χ0) is 17.8. The van der Waals surface area contributed by atoms with Crippen LogP contribution in [0.3, 0.4) is 0 Å². The summed E-state index contributed by atoms with van der Waals surface area (Å²) in [5.41, 5.74) is 2.94. The van der Waals surface area contributed by atoms with Gasteiger partial charge in [0.2, 0.25) is 11.8 Å². The highest BCUT2D eigenvalue weighted by Gasteiger charge is 2.32. The van der Waals surface area contributed by atoms with E-state index in [0.717, 1.165) is 29.8 Å². The minimum atomic E-state index is -0.0673. The number of carbonyl (C=O) groups is 2. The van der Waals surface area contributed by atoms with Crippen molar-refractivity contribution in [3.8, 4) is 0 Å². The van der Waals surface area contributed by atoms with E-state index in [1.165, 1.54) is 6.92 Å². The first-order valence-corrected chi connectivity index (χ1v) is 8.53. The fraction of sp³-hybridized carbons (Fsp3) is 0.444. The number of amides is 2. The minimum Gasteiger partial charge on any atom is -0.354 e. The van der Waals surface area contributed by atoms with Crippen LogP contribution in [-0.2, 0) is 16.0 Å². The molecule has 132 valence electrons. The lowest BCUT2D eigenvalue weighted by Gasteiger charge is -2.34. The third-order valence-corrected chi connectivity index (χ3v) is 4.42. The van der Waals surface area contributed by atoms with Gasteiger partial charge in [-0.25, -0.2) is 0 Å². The van der Waals surface area contributed by atoms with Crippen molar-refractivity contribution in [3.05, 3.63) is 41.3 Å². The number of rotatable bonds is 6. The molecule has 0 aliphatic heterocycles. The van der Waals surface area contributed by atoms with Crippen LogP contribution in [0.1, 0.15) is 49.1 Å². The van der Waals surface area contributed by atoms with Gasteiger partial charge in [-0.3, -0.25) is 19.7 Å². The first-order chi connectivity index (χ1) is 12.0. The van der Waals surface area contributed by atoms with E-state index in [0.29, 0.717) is 24.6 Å². The van der Waals surface area contributed by atoms with Gasteiger partial charge in [0.25, 0.3) is 0 Å². The molecule has 7 nitrogen and oxygen atoms in total. The van der Waals surface area contributed by atoms with Crippen LogP contribution in [0.25, 0.3) is 0 Å². The van der Waals surface area contributed by atoms with Gasteiger partial charge in [-0.2, -0.15) is 5.10 Å². The molecule has 1 aliphatic carbocycles. The van der Waals surface area contributed by atoms with Crippen molar-refractivity contribution in [2.75, 3.05) is 5.32 Å². The third-order valence-electron chi connectivity index (χ3n) is 4.42. The third kappa shape index (κ3) is 4.65. The second-order valence-electron chi connectivity index (χ2n) is 6.65. The van der Waals surface area contributed by atoms with E-state index in [9.17, 15) is 9.59 Å². The van der Waals surface area contributed by atoms with E-state index in [2.05, 4.69) is 25.8 Å². The maximum absolute atomic E-state index is 12.1. The predicted molar refractivity (Wildman–Crippen MR) is 94.1 cm³/mol. The van der Waals surface area contributed by atoms with Gasteiger partial charge in [-0.1, -0.05) is 6.07 Å². The number of hydrogen-bond acceptors (Lipinski definition) is 4. The highest BCUT2D eigenvalue weighted by molar-refractivity contribution is 5.89. The van der Waals surface area contributed by atoms with E-state index in [-0.39, 0.29) is 17.9 Å². The molecule has 0 unspecified atom stereocenters. The predicted octanol–water partition coefficient (Wildman–Crippen LogP) is 2.07. The summed E-state index contributed by atoms with van der Waals surface area (Å²) >= 11 is 0. The second kappa shape index (κ2) is 7.46. The monoisotopic (exact) mass is 341 g/mol. The fourth-order valence-corrected chi connectivity index (χ4v) is 2.98. The van der Waals surface area contributed by atoms with Crippen molar-refractivity contribution < 1.29 is 9.59 Å². The zero-order valence-electron chi connectivity index (χ0n) is 14.5. The molecular formula is C18H23N5O2. The number of aryl methyl sites for hydroxylation is 2. The Balaban J connectivity index is 1.44. The number of nitrogens with one attached hydrogen (secondary N) is 3. The van der Waals surface area contributed by atoms with Crippen LogP contribution in [0.15, 0.2) is 24.4 Å². The number of pyridine rings is 1. The number of aromatic nitrogens is 3. The van der Waals surface area contributed by atoms with Gasteiger partial charge in [0.05, 0.1) is 5.69 Å². The van der Waals surface area contributed by atoms with Crippen LogP contribution >= 0.6 is 0 Å². The molecular weight excluding hydrogens is 318 g/mol. The number of hydrogen-bond donors (Lipinski definition) is 3. The standard InChI is InChI=1S/C18H23N5O2/c1-11-3-4-14(19-10-11)5-6-18(25)21-17-9-16(22-23-17)13-7-15(8-13)20-12(2)24/h3-4,9-10,13,15H,5-8H2,1-2H3,(H,20,24)(H2,21,22,23,25). The Kier molecular flexibility index (Phi) is 5.11. The van der Waals surface area contributed by atoms with E-state index < -0.39 is 0 Å². The van der Waals surface area contributed by atoms with Crippen LogP contribution in [-0.4, -0.2) is 33.0 Å². The molecule has 1 saturated carbocycles. The maximum atomic E-state index is 12.1. The van der Waals surface area contributed by atoms with Crippen LogP contribution < -0.4 is 10.6 Å². The highest BCUT2D eigenvalue weighted by Crippen LogP contribution is 2.36. The first kappa shape index (κ1) is 17.1. The quantitative estimate of drug-likeness (QED) is 0.749. The van der Waals surface area contributed by atoms with Crippen LogP contribution in [0.2, 0.25) is 0 Å². The smallest absolute Gasteiger partial charge is 0.225 e. The Morgan fingerprint density at radius 3 is 2.80 bits per heavy atom. The van der Waals surface area contributed by atoms with Crippen molar-refractivity contribution in [1.29, 1.82) is 0 Å². The molecule has 2 aromatic heterocycles. The Morgan fingerprint density at radius 2 is 2.12 bits per heavy atom. The Bertz CT molecular complexity index is 747. The van der Waals surface area contributed by atoms with Gasteiger partial charge >= 0.3 is 0 Å². The molecule has 25 heavy (non-hydrogen) atoms. The van der Waals surface area contributed by atoms with Gasteiger partial charge in [-0.15, -0.1) is 0 Å². The average Bonchev–Trinajstić information content (AvgIpc) is 2.97. The lowest BCUT2D eigenvalue weighted by Crippen LogP contribution is -2.42. The Labute approximate surface area is 146 Å². The fourth-order valence-electron chi connectivity index (χ4n) is 2.98. The maximum Gasteiger partial charge on any atom is 0.225 e. The molecule has 7 heteroatoms. The molecule has 2 amide bonds. The summed E-state index contributed by atoms with van der Waals surface area (Å²) in [4.78, 5) is 27.4. The molecule has 3 N–H and O–H groups in total. The van der Waals surface area contributed by atoms with Crippen molar-refractivity contribution in [3.63, 3.8) is 0 Å². The van der Waals surface area contributed by atoms with Gasteiger partial charge in [0.15, 0.2) is 0 Å². The van der Waals surface area contributed by atoms with Crippen LogP contribution in [0.4, 0.5) is 5.82 Å². The summed E-state index contributed by atoms with van der Waals surface area (Å²) in [5, 5.41) is 12.9. The minimum absolute atomic E-state index is 0.00139. The number of H-pyrrole nitrogens is 1. The van der Waals surface area contributed by atoms with E-state index in [4.69, 9.17) is 0 Å². The molecule has 0 aromatic carbocycles. The average molecular weight is 341 g/mol. The van der Waals surface area contributed by atoms with E-state index in [1.807, 2.05) is 25.1 Å².